The van der Waals surface area contributed by atoms with Gasteiger partial charge in [-0.05, 0) is 25.8 Å². The molecule has 98 valence electrons. The predicted molar refractivity (Wildman–Crippen MR) is 70.3 cm³/mol. The summed E-state index contributed by atoms with van der Waals surface area (Å²) in [6.07, 6.45) is 1.60. The molecule has 1 saturated carbocycles. The molecule has 0 aliphatic heterocycles. The summed E-state index contributed by atoms with van der Waals surface area (Å²) in [6.45, 7) is 2.53. The van der Waals surface area contributed by atoms with Gasteiger partial charge in [0, 0.05) is 24.1 Å². The van der Waals surface area contributed by atoms with Gasteiger partial charge >= 0.3 is 0 Å². The van der Waals surface area contributed by atoms with E-state index in [0.29, 0.717) is 6.54 Å². The summed E-state index contributed by atoms with van der Waals surface area (Å²) in [5, 5.41) is 2.95. The lowest BCUT2D eigenvalue weighted by molar-refractivity contribution is -0.128. The van der Waals surface area contributed by atoms with Crippen LogP contribution in [0.25, 0.3) is 0 Å². The van der Waals surface area contributed by atoms with Gasteiger partial charge < -0.3 is 15.8 Å². The standard InChI is InChI=1S/C14H20N2O2/c1-9-3-4-13(18-2)11(5-9)8-16-14(17)10-6-12(15)7-10/h3-5,10,12H,6-8,15H2,1-2H3,(H,16,17). The molecular weight excluding hydrogens is 228 g/mol. The molecule has 0 aromatic heterocycles. The Labute approximate surface area is 108 Å². The van der Waals surface area contributed by atoms with E-state index in [1.807, 2.05) is 25.1 Å². The second kappa shape index (κ2) is 5.40. The van der Waals surface area contributed by atoms with E-state index in [0.717, 1.165) is 29.7 Å². The van der Waals surface area contributed by atoms with Gasteiger partial charge in [0.2, 0.25) is 5.91 Å². The van der Waals surface area contributed by atoms with E-state index < -0.39 is 0 Å². The molecule has 3 N–H and O–H groups in total. The van der Waals surface area contributed by atoms with E-state index in [1.165, 1.54) is 0 Å². The van der Waals surface area contributed by atoms with E-state index in [1.54, 1.807) is 7.11 Å². The highest BCUT2D eigenvalue weighted by Gasteiger charge is 2.31. The number of rotatable bonds is 4. The Hall–Kier alpha value is -1.55. The summed E-state index contributed by atoms with van der Waals surface area (Å²) in [6, 6.07) is 6.16. The van der Waals surface area contributed by atoms with Crippen LogP contribution in [0.5, 0.6) is 5.75 Å². The topological polar surface area (TPSA) is 64.3 Å². The Morgan fingerprint density at radius 3 is 2.83 bits per heavy atom. The number of methoxy groups -OCH3 is 1. The molecule has 0 radical (unpaired) electrons. The summed E-state index contributed by atoms with van der Waals surface area (Å²) < 4.78 is 5.28. The lowest BCUT2D eigenvalue weighted by Gasteiger charge is -2.31. The smallest absolute Gasteiger partial charge is 0.223 e. The molecule has 4 heteroatoms. The maximum absolute atomic E-state index is 11.8. The van der Waals surface area contributed by atoms with E-state index in [4.69, 9.17) is 10.5 Å². The van der Waals surface area contributed by atoms with Gasteiger partial charge in [0.15, 0.2) is 0 Å². The van der Waals surface area contributed by atoms with Gasteiger partial charge in [-0.15, -0.1) is 0 Å². The molecule has 0 unspecified atom stereocenters. The highest BCUT2D eigenvalue weighted by Crippen LogP contribution is 2.26. The number of nitrogens with two attached hydrogens (primary N) is 1. The van der Waals surface area contributed by atoms with Crippen molar-refractivity contribution in [3.8, 4) is 5.75 Å². The number of ether oxygens (including phenoxy) is 1. The van der Waals surface area contributed by atoms with Crippen LogP contribution in [0.2, 0.25) is 0 Å². The molecule has 1 fully saturated rings. The fourth-order valence-corrected chi connectivity index (χ4v) is 2.25. The van der Waals surface area contributed by atoms with Crippen molar-refractivity contribution in [3.05, 3.63) is 29.3 Å². The predicted octanol–water partition coefficient (Wildman–Crippen LogP) is 1.36. The van der Waals surface area contributed by atoms with Crippen molar-refractivity contribution in [1.29, 1.82) is 0 Å². The van der Waals surface area contributed by atoms with Gasteiger partial charge in [-0.25, -0.2) is 0 Å². The molecule has 0 bridgehead atoms. The van der Waals surface area contributed by atoms with Crippen molar-refractivity contribution < 1.29 is 9.53 Å². The first-order valence-electron chi connectivity index (χ1n) is 6.27. The third-order valence-corrected chi connectivity index (χ3v) is 3.43. The quantitative estimate of drug-likeness (QED) is 0.845. The molecule has 4 nitrogen and oxygen atoms in total. The summed E-state index contributed by atoms with van der Waals surface area (Å²) in [5.74, 6) is 1.00. The molecular formula is C14H20N2O2. The zero-order valence-electron chi connectivity index (χ0n) is 10.9. The summed E-state index contributed by atoms with van der Waals surface area (Å²) in [5.41, 5.74) is 7.85. The van der Waals surface area contributed by atoms with E-state index >= 15 is 0 Å². The number of nitrogens with one attached hydrogen (secondary N) is 1. The van der Waals surface area contributed by atoms with Crippen LogP contribution in [0.4, 0.5) is 0 Å². The largest absolute Gasteiger partial charge is 0.496 e. The van der Waals surface area contributed by atoms with Crippen LogP contribution in [-0.2, 0) is 11.3 Å². The molecule has 1 aliphatic rings. The normalized spacial score (nSPS) is 22.2. The zero-order chi connectivity index (χ0) is 13.1. The van der Waals surface area contributed by atoms with Crippen molar-refractivity contribution >= 4 is 5.91 Å². The molecule has 1 aliphatic carbocycles. The van der Waals surface area contributed by atoms with Crippen LogP contribution in [0.1, 0.15) is 24.0 Å². The van der Waals surface area contributed by atoms with Crippen LogP contribution in [0.3, 0.4) is 0 Å². The molecule has 2 rings (SSSR count). The number of benzene rings is 1. The van der Waals surface area contributed by atoms with Crippen LogP contribution in [0, 0.1) is 12.8 Å². The third kappa shape index (κ3) is 2.82. The fourth-order valence-electron chi connectivity index (χ4n) is 2.25. The lowest BCUT2D eigenvalue weighted by atomic mass is 9.80. The van der Waals surface area contributed by atoms with Gasteiger partial charge in [0.1, 0.15) is 5.75 Å². The van der Waals surface area contributed by atoms with Gasteiger partial charge in [0.25, 0.3) is 0 Å². The van der Waals surface area contributed by atoms with Crippen molar-refractivity contribution in [1.82, 2.24) is 5.32 Å². The molecule has 1 amide bonds. The second-order valence-electron chi connectivity index (χ2n) is 4.96. The second-order valence-corrected chi connectivity index (χ2v) is 4.96. The summed E-state index contributed by atoms with van der Waals surface area (Å²) >= 11 is 0. The molecule has 1 aromatic carbocycles. The number of aryl methyl sites for hydroxylation is 1. The Morgan fingerprint density at radius 1 is 1.50 bits per heavy atom. The first kappa shape index (κ1) is 12.9. The molecule has 0 spiro atoms. The van der Waals surface area contributed by atoms with Crippen molar-refractivity contribution in [2.45, 2.75) is 32.4 Å². The molecule has 18 heavy (non-hydrogen) atoms. The van der Waals surface area contributed by atoms with Gasteiger partial charge in [0.05, 0.1) is 7.11 Å². The molecule has 0 heterocycles. The van der Waals surface area contributed by atoms with Crippen molar-refractivity contribution in [2.75, 3.05) is 7.11 Å². The number of hydrogen-bond donors (Lipinski definition) is 2. The highest BCUT2D eigenvalue weighted by molar-refractivity contribution is 5.79. The Kier molecular flexibility index (Phi) is 3.87. The zero-order valence-corrected chi connectivity index (χ0v) is 10.9. The average molecular weight is 248 g/mol. The van der Waals surface area contributed by atoms with Gasteiger partial charge in [-0.2, -0.15) is 0 Å². The average Bonchev–Trinajstić information content (AvgIpc) is 2.32. The molecule has 0 atom stereocenters. The summed E-state index contributed by atoms with van der Waals surface area (Å²) in [7, 11) is 1.64. The minimum Gasteiger partial charge on any atom is -0.496 e. The van der Waals surface area contributed by atoms with Crippen LogP contribution < -0.4 is 15.8 Å². The van der Waals surface area contributed by atoms with E-state index in [-0.39, 0.29) is 17.9 Å². The van der Waals surface area contributed by atoms with Crippen molar-refractivity contribution in [2.24, 2.45) is 11.7 Å². The van der Waals surface area contributed by atoms with Crippen LogP contribution in [0.15, 0.2) is 18.2 Å². The van der Waals surface area contributed by atoms with Crippen molar-refractivity contribution in [3.63, 3.8) is 0 Å². The third-order valence-electron chi connectivity index (χ3n) is 3.43. The molecule has 1 aromatic rings. The Bertz CT molecular complexity index is 439. The number of amides is 1. The van der Waals surface area contributed by atoms with Crippen LogP contribution >= 0.6 is 0 Å². The Morgan fingerprint density at radius 2 is 2.22 bits per heavy atom. The first-order valence-corrected chi connectivity index (χ1v) is 6.27. The van der Waals surface area contributed by atoms with Crippen LogP contribution in [-0.4, -0.2) is 19.1 Å². The highest BCUT2D eigenvalue weighted by atomic mass is 16.5. The van der Waals surface area contributed by atoms with E-state index in [2.05, 4.69) is 5.32 Å². The molecule has 0 saturated heterocycles. The monoisotopic (exact) mass is 248 g/mol. The number of hydrogen-bond acceptors (Lipinski definition) is 3. The van der Waals surface area contributed by atoms with Gasteiger partial charge in [-0.1, -0.05) is 17.7 Å². The minimum atomic E-state index is 0.0933. The van der Waals surface area contributed by atoms with Gasteiger partial charge in [-0.3, -0.25) is 4.79 Å². The fraction of sp³-hybridized carbons (Fsp3) is 0.500. The SMILES string of the molecule is COc1ccc(C)cc1CNC(=O)C1CC(N)C1. The number of carbonyl (C=O) groups is 1. The minimum absolute atomic E-state index is 0.0933. The maximum atomic E-state index is 11.8. The maximum Gasteiger partial charge on any atom is 0.223 e. The first-order chi connectivity index (χ1) is 8.60. The van der Waals surface area contributed by atoms with E-state index in [9.17, 15) is 4.79 Å². The Balaban J connectivity index is 1.93. The lowest BCUT2D eigenvalue weighted by Crippen LogP contribution is -2.44. The summed E-state index contributed by atoms with van der Waals surface area (Å²) in [4.78, 5) is 11.8. The number of carbonyl (C=O) groups excluding carboxylic acids is 1.